The number of rotatable bonds is 2. The lowest BCUT2D eigenvalue weighted by Crippen LogP contribution is -2.43. The van der Waals surface area contributed by atoms with Crippen LogP contribution in [0.25, 0.3) is 0 Å². The fourth-order valence-corrected chi connectivity index (χ4v) is 2.12. The Morgan fingerprint density at radius 3 is 2.93 bits per heavy atom. The highest BCUT2D eigenvalue weighted by Gasteiger charge is 2.37. The van der Waals surface area contributed by atoms with Crippen LogP contribution in [0, 0.1) is 6.92 Å². The number of hydrogen-bond acceptors (Lipinski definition) is 4. The Bertz CT molecular complexity index is 302. The summed E-state index contributed by atoms with van der Waals surface area (Å²) in [6, 6.07) is 0. The second-order valence-corrected chi connectivity index (χ2v) is 4.06. The average Bonchev–Trinajstić information content (AvgIpc) is 2.66. The summed E-state index contributed by atoms with van der Waals surface area (Å²) in [7, 11) is 0. The zero-order valence-corrected chi connectivity index (χ0v) is 8.84. The Kier molecular flexibility index (Phi) is 2.54. The van der Waals surface area contributed by atoms with Crippen molar-refractivity contribution in [3.8, 4) is 0 Å². The van der Waals surface area contributed by atoms with Crippen LogP contribution in [0.4, 0.5) is 0 Å². The zero-order chi connectivity index (χ0) is 10.0. The normalized spacial score (nSPS) is 27.9. The summed E-state index contributed by atoms with van der Waals surface area (Å²) in [4.78, 5) is 4.36. The summed E-state index contributed by atoms with van der Waals surface area (Å²) in [6.45, 7) is 6.12. The quantitative estimate of drug-likeness (QED) is 0.775. The van der Waals surface area contributed by atoms with E-state index in [9.17, 15) is 0 Å². The van der Waals surface area contributed by atoms with E-state index in [1.54, 1.807) is 0 Å². The van der Waals surface area contributed by atoms with Crippen molar-refractivity contribution in [1.29, 1.82) is 0 Å². The molecule has 0 bridgehead atoms. The Morgan fingerprint density at radius 1 is 1.57 bits per heavy atom. The second kappa shape index (κ2) is 3.69. The van der Waals surface area contributed by atoms with Gasteiger partial charge in [-0.3, -0.25) is 0 Å². The third kappa shape index (κ3) is 1.54. The van der Waals surface area contributed by atoms with Gasteiger partial charge in [-0.15, -0.1) is 0 Å². The predicted molar refractivity (Wildman–Crippen MR) is 53.1 cm³/mol. The van der Waals surface area contributed by atoms with E-state index in [2.05, 4.69) is 22.4 Å². The molecular weight excluding hydrogens is 178 g/mol. The van der Waals surface area contributed by atoms with Crippen LogP contribution in [0.3, 0.4) is 0 Å². The fourth-order valence-electron chi connectivity index (χ4n) is 2.12. The van der Waals surface area contributed by atoms with Crippen LogP contribution in [0.1, 0.15) is 37.9 Å². The Hall–Kier alpha value is -0.900. The first-order valence-electron chi connectivity index (χ1n) is 5.28. The number of piperidine rings is 1. The van der Waals surface area contributed by atoms with Crippen molar-refractivity contribution >= 4 is 0 Å². The lowest BCUT2D eigenvalue weighted by atomic mass is 9.78. The maximum absolute atomic E-state index is 5.30. The predicted octanol–water partition coefficient (Wildman–Crippen LogP) is 1.41. The smallest absolute Gasteiger partial charge is 0.234 e. The van der Waals surface area contributed by atoms with E-state index in [1.165, 1.54) is 6.42 Å². The van der Waals surface area contributed by atoms with Crippen molar-refractivity contribution in [2.45, 2.75) is 38.5 Å². The number of hydrogen-bond donors (Lipinski definition) is 1. The minimum absolute atomic E-state index is 0.0828. The van der Waals surface area contributed by atoms with Crippen molar-refractivity contribution in [3.05, 3.63) is 11.7 Å². The van der Waals surface area contributed by atoms with Crippen molar-refractivity contribution in [2.24, 2.45) is 0 Å². The highest BCUT2D eigenvalue weighted by Crippen LogP contribution is 2.33. The largest absolute Gasteiger partial charge is 0.339 e. The number of aryl methyl sites for hydroxylation is 1. The fraction of sp³-hybridized carbons (Fsp3) is 0.800. The molecule has 2 rings (SSSR count). The van der Waals surface area contributed by atoms with Gasteiger partial charge in [0.15, 0.2) is 5.82 Å². The molecule has 1 aromatic rings. The molecule has 1 unspecified atom stereocenters. The molecule has 0 spiro atoms. The SMILES string of the molecule is CCC1(c2nc(C)no2)CCCNC1. The Labute approximate surface area is 84.1 Å². The van der Waals surface area contributed by atoms with Gasteiger partial charge in [-0.2, -0.15) is 4.98 Å². The third-order valence-electron chi connectivity index (χ3n) is 3.13. The van der Waals surface area contributed by atoms with Gasteiger partial charge in [0.2, 0.25) is 5.89 Å². The zero-order valence-electron chi connectivity index (χ0n) is 8.84. The van der Waals surface area contributed by atoms with Gasteiger partial charge in [0, 0.05) is 6.54 Å². The summed E-state index contributed by atoms with van der Waals surface area (Å²) >= 11 is 0. The lowest BCUT2D eigenvalue weighted by Gasteiger charge is -2.33. The molecule has 1 saturated heterocycles. The van der Waals surface area contributed by atoms with E-state index in [0.717, 1.165) is 37.6 Å². The van der Waals surface area contributed by atoms with E-state index >= 15 is 0 Å². The topological polar surface area (TPSA) is 51.0 Å². The van der Waals surface area contributed by atoms with Crippen LogP contribution < -0.4 is 5.32 Å². The summed E-state index contributed by atoms with van der Waals surface area (Å²) in [5.41, 5.74) is 0.0828. The van der Waals surface area contributed by atoms with Gasteiger partial charge in [-0.1, -0.05) is 12.1 Å². The molecule has 1 fully saturated rings. The molecule has 0 aromatic carbocycles. The second-order valence-electron chi connectivity index (χ2n) is 4.06. The van der Waals surface area contributed by atoms with Crippen LogP contribution >= 0.6 is 0 Å². The van der Waals surface area contributed by atoms with Gasteiger partial charge in [0.1, 0.15) is 0 Å². The first kappa shape index (κ1) is 9.65. The van der Waals surface area contributed by atoms with Crippen molar-refractivity contribution in [1.82, 2.24) is 15.5 Å². The Morgan fingerprint density at radius 2 is 2.43 bits per heavy atom. The van der Waals surface area contributed by atoms with Crippen molar-refractivity contribution < 1.29 is 4.52 Å². The molecular formula is C10H17N3O. The maximum Gasteiger partial charge on any atom is 0.234 e. The van der Waals surface area contributed by atoms with Crippen LogP contribution in [-0.2, 0) is 5.41 Å². The molecule has 0 saturated carbocycles. The summed E-state index contributed by atoms with van der Waals surface area (Å²) < 4.78 is 5.30. The molecule has 2 heterocycles. The molecule has 1 aromatic heterocycles. The average molecular weight is 195 g/mol. The summed E-state index contributed by atoms with van der Waals surface area (Å²) in [6.07, 6.45) is 3.40. The van der Waals surface area contributed by atoms with Gasteiger partial charge < -0.3 is 9.84 Å². The molecule has 4 nitrogen and oxygen atoms in total. The van der Waals surface area contributed by atoms with Gasteiger partial charge in [-0.05, 0) is 32.7 Å². The van der Waals surface area contributed by atoms with Crippen molar-refractivity contribution in [2.75, 3.05) is 13.1 Å². The molecule has 0 radical (unpaired) electrons. The summed E-state index contributed by atoms with van der Waals surface area (Å²) in [5, 5.41) is 7.28. The molecule has 0 aliphatic carbocycles. The number of nitrogens with one attached hydrogen (secondary N) is 1. The highest BCUT2D eigenvalue weighted by molar-refractivity contribution is 5.07. The number of aromatic nitrogens is 2. The minimum atomic E-state index is 0.0828. The molecule has 4 heteroatoms. The Balaban J connectivity index is 2.26. The molecule has 78 valence electrons. The van der Waals surface area contributed by atoms with E-state index < -0.39 is 0 Å². The van der Waals surface area contributed by atoms with Gasteiger partial charge in [0.05, 0.1) is 5.41 Å². The molecule has 1 aliphatic heterocycles. The first-order valence-corrected chi connectivity index (χ1v) is 5.28. The number of nitrogens with zero attached hydrogens (tertiary/aromatic N) is 2. The molecule has 1 N–H and O–H groups in total. The van der Waals surface area contributed by atoms with Crippen LogP contribution in [0.15, 0.2) is 4.52 Å². The monoisotopic (exact) mass is 195 g/mol. The van der Waals surface area contributed by atoms with E-state index in [4.69, 9.17) is 4.52 Å². The summed E-state index contributed by atoms with van der Waals surface area (Å²) in [5.74, 6) is 1.54. The van der Waals surface area contributed by atoms with Gasteiger partial charge in [0.25, 0.3) is 0 Å². The molecule has 14 heavy (non-hydrogen) atoms. The van der Waals surface area contributed by atoms with Gasteiger partial charge >= 0.3 is 0 Å². The van der Waals surface area contributed by atoms with Crippen LogP contribution in [-0.4, -0.2) is 23.2 Å². The van der Waals surface area contributed by atoms with E-state index in [1.807, 2.05) is 6.92 Å². The standard InChI is InChI=1S/C10H17N3O/c1-3-10(5-4-6-11-7-10)9-12-8(2)13-14-9/h11H,3-7H2,1-2H3. The molecule has 0 amide bonds. The highest BCUT2D eigenvalue weighted by atomic mass is 16.5. The third-order valence-corrected chi connectivity index (χ3v) is 3.13. The van der Waals surface area contributed by atoms with Crippen LogP contribution in [0.5, 0.6) is 0 Å². The molecule has 1 atom stereocenters. The first-order chi connectivity index (χ1) is 6.77. The van der Waals surface area contributed by atoms with E-state index in [0.29, 0.717) is 0 Å². The van der Waals surface area contributed by atoms with Crippen molar-refractivity contribution in [3.63, 3.8) is 0 Å². The maximum atomic E-state index is 5.30. The van der Waals surface area contributed by atoms with Gasteiger partial charge in [-0.25, -0.2) is 0 Å². The minimum Gasteiger partial charge on any atom is -0.339 e. The van der Waals surface area contributed by atoms with E-state index in [-0.39, 0.29) is 5.41 Å². The molecule has 1 aliphatic rings. The lowest BCUT2D eigenvalue weighted by molar-refractivity contribution is 0.220. The van der Waals surface area contributed by atoms with Crippen LogP contribution in [0.2, 0.25) is 0 Å².